The SMILES string of the molecule is CN(Cc1nccn1C)c1cnc(C(N)=NO)cn1. The molecule has 8 nitrogen and oxygen atoms in total. The average Bonchev–Trinajstić information content (AvgIpc) is 2.83. The summed E-state index contributed by atoms with van der Waals surface area (Å²) in [6.07, 6.45) is 6.66. The fraction of sp³-hybridized carbons (Fsp3) is 0.273. The van der Waals surface area contributed by atoms with Crippen LogP contribution in [-0.4, -0.2) is 37.6 Å². The largest absolute Gasteiger partial charge is 0.409 e. The van der Waals surface area contributed by atoms with E-state index in [0.29, 0.717) is 18.1 Å². The van der Waals surface area contributed by atoms with E-state index in [1.807, 2.05) is 29.8 Å². The van der Waals surface area contributed by atoms with Gasteiger partial charge in [0.05, 0.1) is 18.9 Å². The zero-order valence-corrected chi connectivity index (χ0v) is 10.7. The second-order valence-electron chi connectivity index (χ2n) is 4.06. The lowest BCUT2D eigenvalue weighted by Gasteiger charge is -2.17. The molecule has 0 aliphatic carbocycles. The van der Waals surface area contributed by atoms with Gasteiger partial charge in [-0.1, -0.05) is 5.16 Å². The summed E-state index contributed by atoms with van der Waals surface area (Å²) in [5.74, 6) is 1.54. The van der Waals surface area contributed by atoms with Crippen molar-refractivity contribution in [3.8, 4) is 0 Å². The summed E-state index contributed by atoms with van der Waals surface area (Å²) in [6, 6.07) is 0. The van der Waals surface area contributed by atoms with Crippen LogP contribution >= 0.6 is 0 Å². The second kappa shape index (κ2) is 5.34. The van der Waals surface area contributed by atoms with Crippen molar-refractivity contribution < 1.29 is 5.21 Å². The average molecular weight is 261 g/mol. The van der Waals surface area contributed by atoms with Gasteiger partial charge in [0.2, 0.25) is 0 Å². The smallest absolute Gasteiger partial charge is 0.190 e. The van der Waals surface area contributed by atoms with Gasteiger partial charge in [-0.2, -0.15) is 0 Å². The molecule has 0 aromatic carbocycles. The van der Waals surface area contributed by atoms with E-state index in [2.05, 4.69) is 20.1 Å². The van der Waals surface area contributed by atoms with Crippen molar-refractivity contribution in [1.82, 2.24) is 19.5 Å². The minimum Gasteiger partial charge on any atom is -0.409 e. The van der Waals surface area contributed by atoms with Crippen molar-refractivity contribution in [2.75, 3.05) is 11.9 Å². The van der Waals surface area contributed by atoms with E-state index in [-0.39, 0.29) is 5.84 Å². The molecule has 0 saturated carbocycles. The molecule has 0 aliphatic rings. The number of aromatic nitrogens is 4. The standard InChI is InChI=1S/C11H15N7O/c1-17-4-3-13-10(17)7-18(2)9-6-14-8(5-15-9)11(12)16-19/h3-6,19H,7H2,1-2H3,(H2,12,16). The van der Waals surface area contributed by atoms with Gasteiger partial charge >= 0.3 is 0 Å². The molecule has 0 fully saturated rings. The van der Waals surface area contributed by atoms with E-state index in [9.17, 15) is 0 Å². The second-order valence-corrected chi connectivity index (χ2v) is 4.06. The highest BCUT2D eigenvalue weighted by molar-refractivity contribution is 5.94. The third-order valence-electron chi connectivity index (χ3n) is 2.70. The lowest BCUT2D eigenvalue weighted by molar-refractivity contribution is 0.318. The topological polar surface area (TPSA) is 105 Å². The highest BCUT2D eigenvalue weighted by Crippen LogP contribution is 2.10. The van der Waals surface area contributed by atoms with Gasteiger partial charge in [-0.3, -0.25) is 0 Å². The molecule has 0 aliphatic heterocycles. The zero-order valence-electron chi connectivity index (χ0n) is 10.7. The minimum atomic E-state index is -0.0641. The van der Waals surface area contributed by atoms with E-state index in [0.717, 1.165) is 5.82 Å². The number of nitrogens with zero attached hydrogens (tertiary/aromatic N) is 6. The Morgan fingerprint density at radius 1 is 1.42 bits per heavy atom. The first kappa shape index (κ1) is 12.8. The number of aryl methyl sites for hydroxylation is 1. The first-order valence-electron chi connectivity index (χ1n) is 5.59. The summed E-state index contributed by atoms with van der Waals surface area (Å²) < 4.78 is 1.94. The van der Waals surface area contributed by atoms with Gasteiger partial charge in [0.1, 0.15) is 17.3 Å². The third-order valence-corrected chi connectivity index (χ3v) is 2.70. The Balaban J connectivity index is 2.12. The molecule has 0 unspecified atom stereocenters. The first-order valence-corrected chi connectivity index (χ1v) is 5.59. The van der Waals surface area contributed by atoms with Crippen LogP contribution in [0, 0.1) is 0 Å². The number of hydrogen-bond acceptors (Lipinski definition) is 6. The number of rotatable bonds is 4. The molecule has 0 radical (unpaired) electrons. The maximum absolute atomic E-state index is 8.54. The molecule has 19 heavy (non-hydrogen) atoms. The van der Waals surface area contributed by atoms with Crippen molar-refractivity contribution >= 4 is 11.7 Å². The van der Waals surface area contributed by atoms with Crippen LogP contribution in [0.3, 0.4) is 0 Å². The number of anilines is 1. The molecule has 0 bridgehead atoms. The molecule has 2 aromatic rings. The lowest BCUT2D eigenvalue weighted by atomic mass is 10.4. The number of amidine groups is 1. The van der Waals surface area contributed by atoms with Gasteiger partial charge < -0.3 is 20.4 Å². The fourth-order valence-electron chi connectivity index (χ4n) is 1.54. The molecule has 0 atom stereocenters. The van der Waals surface area contributed by atoms with E-state index >= 15 is 0 Å². The molecule has 0 saturated heterocycles. The van der Waals surface area contributed by atoms with Crippen molar-refractivity contribution in [3.63, 3.8) is 0 Å². The molecule has 8 heteroatoms. The Bertz CT molecular complexity index is 575. The summed E-state index contributed by atoms with van der Waals surface area (Å²) in [4.78, 5) is 14.4. The van der Waals surface area contributed by atoms with E-state index in [1.165, 1.54) is 6.20 Å². The number of oxime groups is 1. The van der Waals surface area contributed by atoms with Gasteiger partial charge in [0.25, 0.3) is 0 Å². The quantitative estimate of drug-likeness (QED) is 0.346. The number of nitrogens with two attached hydrogens (primary N) is 1. The number of hydrogen-bond donors (Lipinski definition) is 2. The zero-order chi connectivity index (χ0) is 13.8. The Labute approximate surface area is 110 Å². The lowest BCUT2D eigenvalue weighted by Crippen LogP contribution is -2.21. The first-order chi connectivity index (χ1) is 9.11. The van der Waals surface area contributed by atoms with E-state index in [1.54, 1.807) is 12.4 Å². The normalized spacial score (nSPS) is 11.6. The highest BCUT2D eigenvalue weighted by Gasteiger charge is 2.08. The highest BCUT2D eigenvalue weighted by atomic mass is 16.4. The fourth-order valence-corrected chi connectivity index (χ4v) is 1.54. The van der Waals surface area contributed by atoms with Crippen molar-refractivity contribution in [3.05, 3.63) is 36.3 Å². The Morgan fingerprint density at radius 2 is 2.21 bits per heavy atom. The van der Waals surface area contributed by atoms with Gasteiger partial charge in [-0.15, -0.1) is 0 Å². The van der Waals surface area contributed by atoms with Crippen molar-refractivity contribution in [2.24, 2.45) is 17.9 Å². The summed E-state index contributed by atoms with van der Waals surface area (Å²) in [7, 11) is 3.82. The number of imidazole rings is 1. The maximum Gasteiger partial charge on any atom is 0.190 e. The Morgan fingerprint density at radius 3 is 2.74 bits per heavy atom. The Kier molecular flexibility index (Phi) is 3.60. The van der Waals surface area contributed by atoms with Crippen LogP contribution in [0.15, 0.2) is 29.9 Å². The third kappa shape index (κ3) is 2.79. The predicted molar refractivity (Wildman–Crippen MR) is 69.9 cm³/mol. The molecular formula is C11H15N7O. The van der Waals surface area contributed by atoms with Crippen LogP contribution in [0.5, 0.6) is 0 Å². The monoisotopic (exact) mass is 261 g/mol. The summed E-state index contributed by atoms with van der Waals surface area (Å²) in [5.41, 5.74) is 5.75. The molecular weight excluding hydrogens is 246 g/mol. The maximum atomic E-state index is 8.54. The van der Waals surface area contributed by atoms with Crippen LogP contribution < -0.4 is 10.6 Å². The minimum absolute atomic E-state index is 0.0641. The van der Waals surface area contributed by atoms with Gasteiger partial charge in [-0.25, -0.2) is 15.0 Å². The molecule has 100 valence electrons. The summed E-state index contributed by atoms with van der Waals surface area (Å²) in [5, 5.41) is 11.4. The molecule has 2 heterocycles. The van der Waals surface area contributed by atoms with Crippen LogP contribution in [-0.2, 0) is 13.6 Å². The van der Waals surface area contributed by atoms with Crippen molar-refractivity contribution in [1.29, 1.82) is 0 Å². The van der Waals surface area contributed by atoms with Crippen LogP contribution in [0.25, 0.3) is 0 Å². The predicted octanol–water partition coefficient (Wildman–Crippen LogP) is -0.0590. The van der Waals surface area contributed by atoms with E-state index in [4.69, 9.17) is 10.9 Å². The van der Waals surface area contributed by atoms with Crippen molar-refractivity contribution in [2.45, 2.75) is 6.54 Å². The van der Waals surface area contributed by atoms with Crippen LogP contribution in [0.2, 0.25) is 0 Å². The molecule has 3 N–H and O–H groups in total. The van der Waals surface area contributed by atoms with Gasteiger partial charge in [0, 0.05) is 26.5 Å². The van der Waals surface area contributed by atoms with Gasteiger partial charge in [0.15, 0.2) is 5.84 Å². The Hall–Kier alpha value is -2.64. The van der Waals surface area contributed by atoms with E-state index < -0.39 is 0 Å². The molecule has 2 aromatic heterocycles. The van der Waals surface area contributed by atoms with Crippen LogP contribution in [0.4, 0.5) is 5.82 Å². The molecule has 0 amide bonds. The molecule has 0 spiro atoms. The summed E-state index contributed by atoms with van der Waals surface area (Å²) >= 11 is 0. The summed E-state index contributed by atoms with van der Waals surface area (Å²) in [6.45, 7) is 0.612. The molecule has 2 rings (SSSR count). The van der Waals surface area contributed by atoms with Crippen LogP contribution in [0.1, 0.15) is 11.5 Å². The van der Waals surface area contributed by atoms with Gasteiger partial charge in [-0.05, 0) is 0 Å².